The highest BCUT2D eigenvalue weighted by molar-refractivity contribution is 6.02. The second-order valence-corrected chi connectivity index (χ2v) is 4.49. The number of nitrogens with zero attached hydrogens (tertiary/aromatic N) is 1. The number of anilines is 1. The van der Waals surface area contributed by atoms with Crippen molar-refractivity contribution in [2.24, 2.45) is 0 Å². The molecule has 0 aliphatic rings. The van der Waals surface area contributed by atoms with Crippen LogP contribution in [-0.4, -0.2) is 32.2 Å². The molecule has 1 N–H and O–H groups in total. The molecule has 2 rings (SSSR count). The summed E-state index contributed by atoms with van der Waals surface area (Å²) in [5.74, 6) is 1.79. The van der Waals surface area contributed by atoms with Crippen LogP contribution in [0.15, 0.2) is 42.6 Å². The summed E-state index contributed by atoms with van der Waals surface area (Å²) < 4.78 is 15.5. The maximum absolute atomic E-state index is 12.0. The summed E-state index contributed by atoms with van der Waals surface area (Å²) in [6, 6.07) is 8.84. The first-order valence-electron chi connectivity index (χ1n) is 6.88. The third-order valence-electron chi connectivity index (χ3n) is 3.07. The number of aromatic nitrogens is 1. The van der Waals surface area contributed by atoms with Crippen LogP contribution in [0.1, 0.15) is 5.56 Å². The van der Waals surface area contributed by atoms with Gasteiger partial charge in [0.25, 0.3) is 0 Å². The molecule has 6 nitrogen and oxygen atoms in total. The lowest BCUT2D eigenvalue weighted by molar-refractivity contribution is -0.111. The van der Waals surface area contributed by atoms with E-state index in [0.717, 1.165) is 5.56 Å². The lowest BCUT2D eigenvalue weighted by Crippen LogP contribution is -2.10. The Hall–Kier alpha value is -3.02. The van der Waals surface area contributed by atoms with E-state index in [4.69, 9.17) is 14.2 Å². The number of carbonyl (C=O) groups excluding carboxylic acids is 1. The van der Waals surface area contributed by atoms with Gasteiger partial charge in [0.05, 0.1) is 21.3 Å². The number of carbonyl (C=O) groups is 1. The Morgan fingerprint density at radius 3 is 2.48 bits per heavy atom. The number of rotatable bonds is 6. The van der Waals surface area contributed by atoms with Crippen LogP contribution in [0.2, 0.25) is 0 Å². The number of ether oxygens (including phenoxy) is 3. The second kappa shape index (κ2) is 7.84. The molecule has 0 atom stereocenters. The van der Waals surface area contributed by atoms with Gasteiger partial charge >= 0.3 is 0 Å². The summed E-state index contributed by atoms with van der Waals surface area (Å²) in [6.45, 7) is 0. The maximum Gasteiger partial charge on any atom is 0.249 e. The van der Waals surface area contributed by atoms with Gasteiger partial charge in [-0.05, 0) is 35.9 Å². The summed E-state index contributed by atoms with van der Waals surface area (Å²) in [4.78, 5) is 16.0. The van der Waals surface area contributed by atoms with E-state index in [1.165, 1.54) is 13.2 Å². The number of pyridine rings is 1. The molecule has 1 aromatic carbocycles. The Balaban J connectivity index is 2.09. The molecule has 1 heterocycles. The first-order valence-corrected chi connectivity index (χ1v) is 6.88. The molecule has 0 spiro atoms. The summed E-state index contributed by atoms with van der Waals surface area (Å²) in [5.41, 5.74) is 0.811. The van der Waals surface area contributed by atoms with Crippen LogP contribution in [0.25, 0.3) is 6.08 Å². The summed E-state index contributed by atoms with van der Waals surface area (Å²) >= 11 is 0. The van der Waals surface area contributed by atoms with Gasteiger partial charge < -0.3 is 19.5 Å². The highest BCUT2D eigenvalue weighted by Crippen LogP contribution is 2.28. The van der Waals surface area contributed by atoms with E-state index in [0.29, 0.717) is 23.1 Å². The van der Waals surface area contributed by atoms with E-state index in [1.54, 1.807) is 50.8 Å². The van der Waals surface area contributed by atoms with Crippen LogP contribution in [0, 0.1) is 0 Å². The quantitative estimate of drug-likeness (QED) is 0.830. The van der Waals surface area contributed by atoms with E-state index in [-0.39, 0.29) is 5.91 Å². The molecule has 0 radical (unpaired) electrons. The van der Waals surface area contributed by atoms with Crippen molar-refractivity contribution in [3.05, 3.63) is 48.2 Å². The number of hydrogen-bond donors (Lipinski definition) is 1. The van der Waals surface area contributed by atoms with Crippen molar-refractivity contribution in [3.63, 3.8) is 0 Å². The zero-order valence-corrected chi connectivity index (χ0v) is 13.2. The van der Waals surface area contributed by atoms with E-state index >= 15 is 0 Å². The highest BCUT2D eigenvalue weighted by atomic mass is 16.5. The Morgan fingerprint density at radius 2 is 1.78 bits per heavy atom. The fraction of sp³-hybridized carbons (Fsp3) is 0.176. The third-order valence-corrected chi connectivity index (χ3v) is 3.07. The van der Waals surface area contributed by atoms with Crippen molar-refractivity contribution in [1.29, 1.82) is 0 Å². The van der Waals surface area contributed by atoms with Crippen molar-refractivity contribution in [1.82, 2.24) is 4.98 Å². The van der Waals surface area contributed by atoms with Gasteiger partial charge in [-0.25, -0.2) is 4.98 Å². The van der Waals surface area contributed by atoms with Gasteiger partial charge in [0.1, 0.15) is 0 Å². The predicted molar refractivity (Wildman–Crippen MR) is 88.0 cm³/mol. The number of amides is 1. The van der Waals surface area contributed by atoms with Crippen molar-refractivity contribution in [3.8, 4) is 17.2 Å². The van der Waals surface area contributed by atoms with Crippen LogP contribution >= 0.6 is 0 Å². The zero-order chi connectivity index (χ0) is 16.7. The van der Waals surface area contributed by atoms with Gasteiger partial charge in [0.15, 0.2) is 23.1 Å². The first-order chi connectivity index (χ1) is 11.2. The van der Waals surface area contributed by atoms with Crippen LogP contribution in [0.4, 0.5) is 5.82 Å². The van der Waals surface area contributed by atoms with Crippen LogP contribution in [0.5, 0.6) is 17.2 Å². The number of nitrogens with one attached hydrogen (secondary N) is 1. The van der Waals surface area contributed by atoms with Crippen molar-refractivity contribution < 1.29 is 19.0 Å². The van der Waals surface area contributed by atoms with Crippen LogP contribution < -0.4 is 19.5 Å². The Bertz CT molecular complexity index is 713. The zero-order valence-electron chi connectivity index (χ0n) is 13.2. The molecule has 0 aliphatic carbocycles. The molecule has 120 valence electrons. The molecular weight excluding hydrogens is 296 g/mol. The molecule has 6 heteroatoms. The topological polar surface area (TPSA) is 69.7 Å². The van der Waals surface area contributed by atoms with Crippen LogP contribution in [0.3, 0.4) is 0 Å². The summed E-state index contributed by atoms with van der Waals surface area (Å²) in [7, 11) is 4.65. The van der Waals surface area contributed by atoms with E-state index < -0.39 is 0 Å². The number of benzene rings is 1. The minimum Gasteiger partial charge on any atom is -0.493 e. The van der Waals surface area contributed by atoms with Gasteiger partial charge in [-0.3, -0.25) is 4.79 Å². The highest BCUT2D eigenvalue weighted by Gasteiger charge is 2.06. The molecule has 2 aromatic rings. The first kappa shape index (κ1) is 16.4. The molecule has 23 heavy (non-hydrogen) atoms. The fourth-order valence-electron chi connectivity index (χ4n) is 1.94. The summed E-state index contributed by atoms with van der Waals surface area (Å²) in [5, 5.41) is 2.67. The maximum atomic E-state index is 12.0. The molecule has 0 saturated carbocycles. The molecule has 0 aliphatic heterocycles. The van der Waals surface area contributed by atoms with E-state index in [9.17, 15) is 4.79 Å². The minimum absolute atomic E-state index is 0.309. The van der Waals surface area contributed by atoms with Crippen molar-refractivity contribution in [2.45, 2.75) is 0 Å². The van der Waals surface area contributed by atoms with Gasteiger partial charge in [0.2, 0.25) is 5.91 Å². The van der Waals surface area contributed by atoms with Crippen LogP contribution in [-0.2, 0) is 4.79 Å². The van der Waals surface area contributed by atoms with E-state index in [1.807, 2.05) is 6.07 Å². The normalized spacial score (nSPS) is 10.4. The Morgan fingerprint density at radius 1 is 1.04 bits per heavy atom. The van der Waals surface area contributed by atoms with Gasteiger partial charge in [-0.2, -0.15) is 0 Å². The Kier molecular flexibility index (Phi) is 5.57. The monoisotopic (exact) mass is 314 g/mol. The van der Waals surface area contributed by atoms with E-state index in [2.05, 4.69) is 10.3 Å². The van der Waals surface area contributed by atoms with Gasteiger partial charge in [-0.15, -0.1) is 0 Å². The fourth-order valence-corrected chi connectivity index (χ4v) is 1.94. The molecule has 0 fully saturated rings. The standard InChI is InChI=1S/C17H18N2O4/c1-21-13-8-6-12(11-15(13)23-3)7-9-16(20)19-17-14(22-2)5-4-10-18-17/h4-11H,1-3H3,(H,18,19,20)/b9-7+. The molecule has 0 bridgehead atoms. The average Bonchev–Trinajstić information content (AvgIpc) is 2.60. The van der Waals surface area contributed by atoms with Gasteiger partial charge in [-0.1, -0.05) is 6.07 Å². The molecule has 1 amide bonds. The average molecular weight is 314 g/mol. The second-order valence-electron chi connectivity index (χ2n) is 4.49. The molecule has 0 saturated heterocycles. The lowest BCUT2D eigenvalue weighted by atomic mass is 10.2. The SMILES string of the molecule is COc1ccc(/C=C/C(=O)Nc2ncccc2OC)cc1OC. The van der Waals surface area contributed by atoms with Gasteiger partial charge in [0, 0.05) is 12.3 Å². The minimum atomic E-state index is -0.309. The van der Waals surface area contributed by atoms with Crippen molar-refractivity contribution >= 4 is 17.8 Å². The molecular formula is C17H18N2O4. The third kappa shape index (κ3) is 4.23. The predicted octanol–water partition coefficient (Wildman–Crippen LogP) is 2.76. The summed E-state index contributed by atoms with van der Waals surface area (Å²) in [6.07, 6.45) is 4.66. The molecule has 0 unspecified atom stereocenters. The smallest absolute Gasteiger partial charge is 0.249 e. The largest absolute Gasteiger partial charge is 0.493 e. The van der Waals surface area contributed by atoms with Crippen molar-refractivity contribution in [2.75, 3.05) is 26.6 Å². The number of methoxy groups -OCH3 is 3. The Labute approximate surface area is 134 Å². The molecule has 1 aromatic heterocycles. The number of hydrogen-bond acceptors (Lipinski definition) is 5. The lowest BCUT2D eigenvalue weighted by Gasteiger charge is -2.08.